The van der Waals surface area contributed by atoms with E-state index in [1.165, 1.54) is 18.2 Å². The van der Waals surface area contributed by atoms with Gasteiger partial charge >= 0.3 is 0 Å². The number of anilines is 2. The second kappa shape index (κ2) is 4.42. The Bertz CT molecular complexity index is 615. The van der Waals surface area contributed by atoms with Crippen LogP contribution in [0.4, 0.5) is 16.0 Å². The average molecular weight is 256 g/mol. The van der Waals surface area contributed by atoms with E-state index in [1.54, 1.807) is 0 Å². The Labute approximate surface area is 99.9 Å². The molecule has 88 valence electrons. The number of hydrogen-bond donors (Lipinski definition) is 3. The third-order valence-corrected chi connectivity index (χ3v) is 2.22. The first-order valence-corrected chi connectivity index (χ1v) is 4.95. The highest BCUT2D eigenvalue weighted by Crippen LogP contribution is 2.23. The summed E-state index contributed by atoms with van der Waals surface area (Å²) in [7, 11) is 0. The first kappa shape index (κ1) is 11.4. The Hall–Kier alpha value is -2.08. The largest absolute Gasteiger partial charge is 0.493 e. The van der Waals surface area contributed by atoms with Gasteiger partial charge in [-0.2, -0.15) is 4.98 Å². The van der Waals surface area contributed by atoms with Crippen LogP contribution in [0, 0.1) is 5.82 Å². The fourth-order valence-electron chi connectivity index (χ4n) is 1.23. The van der Waals surface area contributed by atoms with Gasteiger partial charge in [0.05, 0.1) is 16.8 Å². The van der Waals surface area contributed by atoms with Gasteiger partial charge in [0, 0.05) is 0 Å². The summed E-state index contributed by atoms with van der Waals surface area (Å²) in [6.45, 7) is 0. The first-order valence-electron chi connectivity index (χ1n) is 4.57. The maximum absolute atomic E-state index is 13.5. The highest BCUT2D eigenvalue weighted by atomic mass is 35.5. The van der Waals surface area contributed by atoms with Crippen LogP contribution in [0.2, 0.25) is 5.02 Å². The van der Waals surface area contributed by atoms with Crippen LogP contribution in [0.15, 0.2) is 29.1 Å². The summed E-state index contributed by atoms with van der Waals surface area (Å²) in [6.07, 6.45) is 0. The Balaban J connectivity index is 2.38. The van der Waals surface area contributed by atoms with Crippen LogP contribution in [-0.4, -0.2) is 15.1 Å². The Morgan fingerprint density at radius 2 is 2.24 bits per heavy atom. The molecule has 1 aromatic heterocycles. The third kappa shape index (κ3) is 2.54. The molecule has 2 rings (SSSR count). The quantitative estimate of drug-likeness (QED) is 0.767. The summed E-state index contributed by atoms with van der Waals surface area (Å²) < 4.78 is 13.5. The van der Waals surface area contributed by atoms with Crippen LogP contribution >= 0.6 is 11.6 Å². The smallest absolute Gasteiger partial charge is 0.256 e. The molecule has 0 unspecified atom stereocenters. The molecule has 1 heterocycles. The zero-order valence-electron chi connectivity index (χ0n) is 8.37. The molecule has 0 saturated carbocycles. The Kier molecular flexibility index (Phi) is 2.97. The summed E-state index contributed by atoms with van der Waals surface area (Å²) in [5.41, 5.74) is -0.506. The van der Waals surface area contributed by atoms with Gasteiger partial charge in [0.25, 0.3) is 5.56 Å². The van der Waals surface area contributed by atoms with E-state index < -0.39 is 17.3 Å². The summed E-state index contributed by atoms with van der Waals surface area (Å²) in [5, 5.41) is 11.6. The molecule has 7 heteroatoms. The topological polar surface area (TPSA) is 78.0 Å². The van der Waals surface area contributed by atoms with Gasteiger partial charge in [0.15, 0.2) is 5.82 Å². The van der Waals surface area contributed by atoms with Crippen LogP contribution in [-0.2, 0) is 0 Å². The van der Waals surface area contributed by atoms with Crippen molar-refractivity contribution >= 4 is 23.2 Å². The van der Waals surface area contributed by atoms with Crippen molar-refractivity contribution in [2.24, 2.45) is 0 Å². The third-order valence-electron chi connectivity index (χ3n) is 1.93. The van der Waals surface area contributed by atoms with Crippen molar-refractivity contribution in [2.45, 2.75) is 0 Å². The van der Waals surface area contributed by atoms with Gasteiger partial charge in [-0.05, 0) is 12.1 Å². The van der Waals surface area contributed by atoms with E-state index in [0.717, 1.165) is 6.07 Å². The maximum Gasteiger partial charge on any atom is 0.256 e. The number of rotatable bonds is 2. The van der Waals surface area contributed by atoms with E-state index in [2.05, 4.69) is 15.3 Å². The van der Waals surface area contributed by atoms with Gasteiger partial charge in [-0.3, -0.25) is 9.78 Å². The number of H-pyrrole nitrogens is 1. The molecule has 2 aromatic rings. The second-order valence-electron chi connectivity index (χ2n) is 3.18. The van der Waals surface area contributed by atoms with Crippen molar-refractivity contribution in [3.05, 3.63) is 45.5 Å². The molecule has 1 aromatic carbocycles. The van der Waals surface area contributed by atoms with Crippen LogP contribution in [0.25, 0.3) is 0 Å². The van der Waals surface area contributed by atoms with Crippen molar-refractivity contribution in [1.82, 2.24) is 9.97 Å². The lowest BCUT2D eigenvalue weighted by molar-refractivity contribution is 0.452. The molecular formula is C10H7ClFN3O2. The van der Waals surface area contributed by atoms with Crippen LogP contribution in [0.5, 0.6) is 5.88 Å². The van der Waals surface area contributed by atoms with Gasteiger partial charge < -0.3 is 10.4 Å². The number of nitrogens with one attached hydrogen (secondary N) is 2. The number of halogens is 2. The van der Waals surface area contributed by atoms with Crippen molar-refractivity contribution in [2.75, 3.05) is 5.32 Å². The summed E-state index contributed by atoms with van der Waals surface area (Å²) >= 11 is 5.59. The molecule has 0 aliphatic carbocycles. The van der Waals surface area contributed by atoms with E-state index in [-0.39, 0.29) is 16.7 Å². The van der Waals surface area contributed by atoms with Crippen LogP contribution < -0.4 is 10.9 Å². The minimum atomic E-state index is -0.667. The van der Waals surface area contributed by atoms with Crippen LogP contribution in [0.1, 0.15) is 0 Å². The van der Waals surface area contributed by atoms with Crippen molar-refractivity contribution in [1.29, 1.82) is 0 Å². The molecule has 0 spiro atoms. The molecule has 0 radical (unpaired) electrons. The molecule has 0 amide bonds. The van der Waals surface area contributed by atoms with Gasteiger partial charge in [0.2, 0.25) is 11.8 Å². The van der Waals surface area contributed by atoms with Crippen molar-refractivity contribution in [3.63, 3.8) is 0 Å². The molecule has 3 N–H and O–H groups in total. The van der Waals surface area contributed by atoms with E-state index in [1.807, 2.05) is 0 Å². The van der Waals surface area contributed by atoms with Crippen molar-refractivity contribution < 1.29 is 9.50 Å². The van der Waals surface area contributed by atoms with Crippen LogP contribution in [0.3, 0.4) is 0 Å². The Morgan fingerprint density at radius 1 is 1.47 bits per heavy atom. The zero-order chi connectivity index (χ0) is 12.4. The highest BCUT2D eigenvalue weighted by molar-refractivity contribution is 6.31. The number of aromatic amines is 1. The van der Waals surface area contributed by atoms with E-state index in [0.29, 0.717) is 0 Å². The molecular weight excluding hydrogens is 249 g/mol. The predicted octanol–water partition coefficient (Wildman–Crippen LogP) is 2.01. The predicted molar refractivity (Wildman–Crippen MR) is 61.2 cm³/mol. The SMILES string of the molecule is O=c1cc(O)nc(Nc2cccc(Cl)c2F)[nH]1. The number of benzene rings is 1. The fourth-order valence-corrected chi connectivity index (χ4v) is 1.41. The van der Waals surface area contributed by atoms with E-state index in [4.69, 9.17) is 16.7 Å². The molecule has 0 fully saturated rings. The van der Waals surface area contributed by atoms with Gasteiger partial charge in [-0.25, -0.2) is 4.39 Å². The summed E-state index contributed by atoms with van der Waals surface area (Å²) in [5.74, 6) is -1.20. The maximum atomic E-state index is 13.5. The fraction of sp³-hybridized carbons (Fsp3) is 0. The minimum absolute atomic E-state index is 0.0475. The minimum Gasteiger partial charge on any atom is -0.493 e. The van der Waals surface area contributed by atoms with Gasteiger partial charge in [-0.15, -0.1) is 0 Å². The number of aromatic hydroxyl groups is 1. The summed E-state index contributed by atoms with van der Waals surface area (Å²) in [4.78, 5) is 16.9. The second-order valence-corrected chi connectivity index (χ2v) is 3.59. The molecule has 0 aliphatic heterocycles. The molecule has 5 nitrogen and oxygen atoms in total. The number of aromatic nitrogens is 2. The zero-order valence-corrected chi connectivity index (χ0v) is 9.12. The average Bonchev–Trinajstić information content (AvgIpc) is 2.23. The Morgan fingerprint density at radius 3 is 2.94 bits per heavy atom. The van der Waals surface area contributed by atoms with Gasteiger partial charge in [-0.1, -0.05) is 17.7 Å². The summed E-state index contributed by atoms with van der Waals surface area (Å²) in [6, 6.07) is 5.25. The molecule has 0 aliphatic rings. The first-order chi connectivity index (χ1) is 8.06. The standard InChI is InChI=1S/C10H7ClFN3O2/c11-5-2-1-3-6(9(5)12)13-10-14-7(16)4-8(17)15-10/h1-4H,(H3,13,14,15,16,17). The molecule has 0 bridgehead atoms. The molecule has 0 saturated heterocycles. The monoisotopic (exact) mass is 255 g/mol. The number of nitrogens with zero attached hydrogens (tertiary/aromatic N) is 1. The van der Waals surface area contributed by atoms with Crippen molar-refractivity contribution in [3.8, 4) is 5.88 Å². The van der Waals surface area contributed by atoms with E-state index in [9.17, 15) is 9.18 Å². The molecule has 17 heavy (non-hydrogen) atoms. The number of hydrogen-bond acceptors (Lipinski definition) is 4. The van der Waals surface area contributed by atoms with Gasteiger partial charge in [0.1, 0.15) is 0 Å². The lowest BCUT2D eigenvalue weighted by atomic mass is 10.3. The van der Waals surface area contributed by atoms with E-state index >= 15 is 0 Å². The highest BCUT2D eigenvalue weighted by Gasteiger charge is 2.07. The normalized spacial score (nSPS) is 10.2. The lowest BCUT2D eigenvalue weighted by Crippen LogP contribution is -2.09. The molecule has 0 atom stereocenters. The lowest BCUT2D eigenvalue weighted by Gasteiger charge is -2.06.